The molecule has 5 heteroatoms. The van der Waals surface area contributed by atoms with Crippen LogP contribution in [0.3, 0.4) is 0 Å². The molecule has 0 atom stereocenters. The van der Waals surface area contributed by atoms with Gasteiger partial charge in [0, 0.05) is 17.5 Å². The Hall–Kier alpha value is -1.23. The van der Waals surface area contributed by atoms with Gasteiger partial charge < -0.3 is 10.6 Å². The van der Waals surface area contributed by atoms with Gasteiger partial charge in [-0.2, -0.15) is 0 Å². The normalized spacial score (nSPS) is 21.5. The lowest BCUT2D eigenvalue weighted by Gasteiger charge is -2.35. The van der Waals surface area contributed by atoms with Crippen molar-refractivity contribution in [3.8, 4) is 0 Å². The van der Waals surface area contributed by atoms with Gasteiger partial charge >= 0.3 is 6.03 Å². The molecule has 0 unspecified atom stereocenters. The molecule has 122 valence electrons. The monoisotopic (exact) mass is 324 g/mol. The van der Waals surface area contributed by atoms with E-state index in [4.69, 9.17) is 5.73 Å². The van der Waals surface area contributed by atoms with Gasteiger partial charge in [0.2, 0.25) is 0 Å². The summed E-state index contributed by atoms with van der Waals surface area (Å²) >= 11 is 1.49. The van der Waals surface area contributed by atoms with Crippen molar-refractivity contribution in [2.45, 2.75) is 50.0 Å². The van der Waals surface area contributed by atoms with Crippen LogP contribution in [0.2, 0.25) is 0 Å². The van der Waals surface area contributed by atoms with Crippen molar-refractivity contribution in [3.63, 3.8) is 0 Å². The Bertz CT molecular complexity index is 489. The number of hydrogen-bond donors (Lipinski definition) is 1. The average molecular weight is 324 g/mol. The molecule has 0 aromatic heterocycles. The molecular weight excluding hydrogens is 299 g/mol. The smallest absolute Gasteiger partial charge is 0.315 e. The van der Waals surface area contributed by atoms with Crippen molar-refractivity contribution in [3.05, 3.63) is 30.1 Å². The SMILES string of the molecule is C[C@H]1CC[C@H](N(CCCSc2ccccc2F)C(N)=O)CC1. The Morgan fingerprint density at radius 2 is 2.00 bits per heavy atom. The van der Waals surface area contributed by atoms with Crippen LogP contribution in [0.4, 0.5) is 9.18 Å². The first-order valence-corrected chi connectivity index (χ1v) is 9.00. The van der Waals surface area contributed by atoms with Crippen molar-refractivity contribution in [1.29, 1.82) is 0 Å². The van der Waals surface area contributed by atoms with Gasteiger partial charge in [-0.05, 0) is 55.9 Å². The number of primary amides is 1. The van der Waals surface area contributed by atoms with E-state index in [9.17, 15) is 9.18 Å². The van der Waals surface area contributed by atoms with Gasteiger partial charge in [-0.25, -0.2) is 9.18 Å². The van der Waals surface area contributed by atoms with Crippen LogP contribution in [0.15, 0.2) is 29.2 Å². The van der Waals surface area contributed by atoms with E-state index in [-0.39, 0.29) is 17.9 Å². The summed E-state index contributed by atoms with van der Waals surface area (Å²) in [6, 6.07) is 6.75. The molecule has 1 saturated carbocycles. The summed E-state index contributed by atoms with van der Waals surface area (Å²) in [4.78, 5) is 14.2. The molecular formula is C17H25FN2OS. The molecule has 1 aromatic rings. The number of halogens is 1. The molecule has 2 amide bonds. The highest BCUT2D eigenvalue weighted by Gasteiger charge is 2.25. The predicted molar refractivity (Wildman–Crippen MR) is 89.5 cm³/mol. The average Bonchev–Trinajstić information content (AvgIpc) is 2.50. The van der Waals surface area contributed by atoms with Gasteiger partial charge in [-0.15, -0.1) is 11.8 Å². The molecule has 2 N–H and O–H groups in total. The molecule has 1 fully saturated rings. The van der Waals surface area contributed by atoms with E-state index in [1.807, 2.05) is 11.0 Å². The number of amides is 2. The van der Waals surface area contributed by atoms with Crippen molar-refractivity contribution in [1.82, 2.24) is 4.90 Å². The Morgan fingerprint density at radius 1 is 1.32 bits per heavy atom. The fourth-order valence-electron chi connectivity index (χ4n) is 3.01. The van der Waals surface area contributed by atoms with Crippen LogP contribution in [-0.2, 0) is 0 Å². The summed E-state index contributed by atoms with van der Waals surface area (Å²) in [7, 11) is 0. The third-order valence-electron chi connectivity index (χ3n) is 4.35. The first-order chi connectivity index (χ1) is 10.6. The summed E-state index contributed by atoms with van der Waals surface area (Å²) in [5.74, 6) is 1.36. The molecule has 0 heterocycles. The quantitative estimate of drug-likeness (QED) is 0.627. The van der Waals surface area contributed by atoms with E-state index in [1.165, 1.54) is 30.7 Å². The lowest BCUT2D eigenvalue weighted by atomic mass is 9.86. The minimum atomic E-state index is -0.324. The first kappa shape index (κ1) is 17.1. The van der Waals surface area contributed by atoms with Crippen molar-refractivity contribution < 1.29 is 9.18 Å². The van der Waals surface area contributed by atoms with E-state index in [0.717, 1.165) is 30.9 Å². The fourth-order valence-corrected chi connectivity index (χ4v) is 3.88. The highest BCUT2D eigenvalue weighted by atomic mass is 32.2. The van der Waals surface area contributed by atoms with Gasteiger partial charge in [0.05, 0.1) is 0 Å². The van der Waals surface area contributed by atoms with Crippen molar-refractivity contribution in [2.75, 3.05) is 12.3 Å². The minimum Gasteiger partial charge on any atom is -0.351 e. The van der Waals surface area contributed by atoms with Crippen LogP contribution >= 0.6 is 11.8 Å². The summed E-state index contributed by atoms with van der Waals surface area (Å²) in [6.07, 6.45) is 5.25. The standard InChI is InChI=1S/C17H25FN2OS/c1-13-7-9-14(10-8-13)20(17(19)21)11-4-12-22-16-6-3-2-5-15(16)18/h2-3,5-6,13-14H,4,7-12H2,1H3,(H2,19,21)/t13-,14-. The third-order valence-corrected chi connectivity index (χ3v) is 5.48. The number of carbonyl (C=O) groups excluding carboxylic acids is 1. The Balaban J connectivity index is 1.77. The Labute approximate surface area is 136 Å². The zero-order valence-corrected chi connectivity index (χ0v) is 13.9. The maximum atomic E-state index is 13.5. The molecule has 1 aliphatic rings. The lowest BCUT2D eigenvalue weighted by molar-refractivity contribution is 0.153. The zero-order chi connectivity index (χ0) is 15.9. The molecule has 0 spiro atoms. The highest BCUT2D eigenvalue weighted by Crippen LogP contribution is 2.27. The summed E-state index contributed by atoms with van der Waals surface area (Å²) in [5.41, 5.74) is 5.54. The molecule has 0 saturated heterocycles. The molecule has 3 nitrogen and oxygen atoms in total. The third kappa shape index (κ3) is 4.90. The first-order valence-electron chi connectivity index (χ1n) is 8.01. The number of thioether (sulfide) groups is 1. The van der Waals surface area contributed by atoms with Crippen LogP contribution in [0.5, 0.6) is 0 Å². The van der Waals surface area contributed by atoms with Gasteiger partial charge in [-0.3, -0.25) is 0 Å². The number of hydrogen-bond acceptors (Lipinski definition) is 2. The Morgan fingerprint density at radius 3 is 2.64 bits per heavy atom. The van der Waals surface area contributed by atoms with Crippen LogP contribution < -0.4 is 5.73 Å². The Kier molecular flexibility index (Phi) is 6.55. The van der Waals surface area contributed by atoms with Crippen LogP contribution in [0.25, 0.3) is 0 Å². The lowest BCUT2D eigenvalue weighted by Crippen LogP contribution is -2.45. The highest BCUT2D eigenvalue weighted by molar-refractivity contribution is 7.99. The molecule has 0 bridgehead atoms. The van der Waals surface area contributed by atoms with Crippen molar-refractivity contribution in [2.24, 2.45) is 11.7 Å². The van der Waals surface area contributed by atoms with Crippen molar-refractivity contribution >= 4 is 17.8 Å². The van der Waals surface area contributed by atoms with Crippen LogP contribution in [-0.4, -0.2) is 29.3 Å². The molecule has 2 rings (SSSR count). The fraction of sp³-hybridized carbons (Fsp3) is 0.588. The predicted octanol–water partition coefficient (Wildman–Crippen LogP) is 4.27. The van der Waals surface area contributed by atoms with E-state index in [1.54, 1.807) is 12.1 Å². The van der Waals surface area contributed by atoms with E-state index in [0.29, 0.717) is 11.4 Å². The van der Waals surface area contributed by atoms with E-state index >= 15 is 0 Å². The molecule has 0 aliphatic heterocycles. The van der Waals surface area contributed by atoms with E-state index < -0.39 is 0 Å². The second kappa shape index (κ2) is 8.42. The van der Waals surface area contributed by atoms with Crippen LogP contribution in [0.1, 0.15) is 39.0 Å². The molecule has 1 aliphatic carbocycles. The maximum absolute atomic E-state index is 13.5. The van der Waals surface area contributed by atoms with E-state index in [2.05, 4.69) is 6.92 Å². The number of rotatable bonds is 6. The second-order valence-corrected chi connectivity index (χ2v) is 7.21. The summed E-state index contributed by atoms with van der Waals surface area (Å²) in [5, 5.41) is 0. The summed E-state index contributed by atoms with van der Waals surface area (Å²) < 4.78 is 13.5. The van der Waals surface area contributed by atoms with Gasteiger partial charge in [0.1, 0.15) is 5.82 Å². The number of carbonyl (C=O) groups is 1. The largest absolute Gasteiger partial charge is 0.351 e. The van der Waals surface area contributed by atoms with Gasteiger partial charge in [0.25, 0.3) is 0 Å². The second-order valence-electron chi connectivity index (χ2n) is 6.08. The number of nitrogens with zero attached hydrogens (tertiary/aromatic N) is 1. The summed E-state index contributed by atoms with van der Waals surface area (Å²) in [6.45, 7) is 2.92. The van der Waals surface area contributed by atoms with Crippen LogP contribution in [0, 0.1) is 11.7 Å². The maximum Gasteiger partial charge on any atom is 0.315 e. The van der Waals surface area contributed by atoms with Gasteiger partial charge in [-0.1, -0.05) is 19.1 Å². The zero-order valence-electron chi connectivity index (χ0n) is 13.1. The molecule has 1 aromatic carbocycles. The number of nitrogens with two attached hydrogens (primary N) is 1. The molecule has 22 heavy (non-hydrogen) atoms. The number of benzene rings is 1. The topological polar surface area (TPSA) is 46.3 Å². The number of urea groups is 1. The molecule has 0 radical (unpaired) electrons. The minimum absolute atomic E-state index is 0.180. The van der Waals surface area contributed by atoms with Gasteiger partial charge in [0.15, 0.2) is 0 Å².